The standard InChI is InChI=1S/C27H25FN2O4/c1-2-3-17-33-22-15-13-20(14-16-22)29-26(31)23-24(18-9-11-19(28)12-10-18)30(34-25(23)27(29)32)21-7-5-4-6-8-21/h4-16,23-25H,2-3,17H2,1H3/t23-,24-,25+/m0/s1. The summed E-state index contributed by atoms with van der Waals surface area (Å²) in [6, 6.07) is 21.6. The number of halogens is 1. The van der Waals surface area contributed by atoms with Crippen LogP contribution in [0.2, 0.25) is 0 Å². The zero-order chi connectivity index (χ0) is 23.7. The van der Waals surface area contributed by atoms with Crippen molar-refractivity contribution in [3.63, 3.8) is 0 Å². The summed E-state index contributed by atoms with van der Waals surface area (Å²) in [5, 5.41) is 1.60. The van der Waals surface area contributed by atoms with E-state index in [0.29, 0.717) is 29.3 Å². The van der Waals surface area contributed by atoms with Gasteiger partial charge in [0.15, 0.2) is 6.10 Å². The van der Waals surface area contributed by atoms with Crippen LogP contribution in [0.5, 0.6) is 5.75 Å². The average molecular weight is 461 g/mol. The molecule has 2 aliphatic heterocycles. The number of fused-ring (bicyclic) bond motifs is 1. The van der Waals surface area contributed by atoms with E-state index in [1.54, 1.807) is 41.5 Å². The molecule has 2 heterocycles. The van der Waals surface area contributed by atoms with Gasteiger partial charge in [-0.1, -0.05) is 43.7 Å². The SMILES string of the molecule is CCCCOc1ccc(N2C(=O)[C@@H]3[C@@H](ON(c4ccccc4)[C@H]3c3ccc(F)cc3)C2=O)cc1. The minimum absolute atomic E-state index is 0.345. The quantitative estimate of drug-likeness (QED) is 0.365. The van der Waals surface area contributed by atoms with Crippen LogP contribution in [0.3, 0.4) is 0 Å². The maximum absolute atomic E-state index is 13.6. The van der Waals surface area contributed by atoms with Gasteiger partial charge in [-0.05, 0) is 60.5 Å². The summed E-state index contributed by atoms with van der Waals surface area (Å²) in [6.45, 7) is 2.71. The second kappa shape index (κ2) is 9.27. The molecule has 174 valence electrons. The molecule has 0 bridgehead atoms. The molecule has 2 fully saturated rings. The smallest absolute Gasteiger partial charge is 0.266 e. The molecule has 0 radical (unpaired) electrons. The van der Waals surface area contributed by atoms with E-state index in [1.165, 1.54) is 17.0 Å². The fraction of sp³-hybridized carbons (Fsp3) is 0.259. The van der Waals surface area contributed by atoms with Crippen molar-refractivity contribution in [3.05, 3.63) is 90.2 Å². The Morgan fingerprint density at radius 2 is 1.59 bits per heavy atom. The van der Waals surface area contributed by atoms with Gasteiger partial charge in [0, 0.05) is 0 Å². The summed E-state index contributed by atoms with van der Waals surface area (Å²) in [7, 11) is 0. The molecule has 0 aliphatic carbocycles. The van der Waals surface area contributed by atoms with Gasteiger partial charge in [0.2, 0.25) is 5.91 Å². The van der Waals surface area contributed by atoms with Crippen LogP contribution in [0.25, 0.3) is 0 Å². The molecule has 7 heteroatoms. The minimum Gasteiger partial charge on any atom is -0.494 e. The van der Waals surface area contributed by atoms with Crippen molar-refractivity contribution >= 4 is 23.2 Å². The molecule has 2 saturated heterocycles. The van der Waals surface area contributed by atoms with Gasteiger partial charge in [-0.15, -0.1) is 0 Å². The zero-order valence-corrected chi connectivity index (χ0v) is 18.8. The highest BCUT2D eigenvalue weighted by Crippen LogP contribution is 2.47. The monoisotopic (exact) mass is 460 g/mol. The van der Waals surface area contributed by atoms with Crippen LogP contribution in [0.1, 0.15) is 31.4 Å². The fourth-order valence-corrected chi connectivity index (χ4v) is 4.49. The minimum atomic E-state index is -0.969. The Bertz CT molecular complexity index is 1170. The molecule has 2 amide bonds. The third-order valence-corrected chi connectivity index (χ3v) is 6.20. The van der Waals surface area contributed by atoms with Crippen molar-refractivity contribution < 1.29 is 23.6 Å². The fourth-order valence-electron chi connectivity index (χ4n) is 4.49. The maximum Gasteiger partial charge on any atom is 0.266 e. The van der Waals surface area contributed by atoms with Crippen molar-refractivity contribution in [3.8, 4) is 5.75 Å². The highest BCUT2D eigenvalue weighted by Gasteiger charge is 2.60. The van der Waals surface area contributed by atoms with Gasteiger partial charge in [-0.25, -0.2) is 14.4 Å². The summed E-state index contributed by atoms with van der Waals surface area (Å²) in [5.74, 6) is -1.21. The first-order valence-electron chi connectivity index (χ1n) is 11.5. The molecule has 0 unspecified atom stereocenters. The number of hydrogen-bond donors (Lipinski definition) is 0. The summed E-state index contributed by atoms with van der Waals surface area (Å²) >= 11 is 0. The number of carbonyl (C=O) groups excluding carboxylic acids is 2. The van der Waals surface area contributed by atoms with Crippen molar-refractivity contribution in [1.82, 2.24) is 0 Å². The second-order valence-electron chi connectivity index (χ2n) is 8.42. The first-order valence-corrected chi connectivity index (χ1v) is 11.5. The number of benzene rings is 3. The lowest BCUT2D eigenvalue weighted by Gasteiger charge is -2.28. The molecule has 0 aromatic heterocycles. The Kier molecular flexibility index (Phi) is 6.02. The number of para-hydroxylation sites is 1. The Labute approximate surface area is 197 Å². The number of unbranched alkanes of at least 4 members (excludes halogenated alkanes) is 1. The molecule has 5 rings (SSSR count). The molecule has 3 aromatic rings. The van der Waals surface area contributed by atoms with Crippen molar-refractivity contribution in [2.45, 2.75) is 31.9 Å². The Morgan fingerprint density at radius 3 is 2.26 bits per heavy atom. The zero-order valence-electron chi connectivity index (χ0n) is 18.8. The third-order valence-electron chi connectivity index (χ3n) is 6.20. The number of ether oxygens (including phenoxy) is 1. The summed E-state index contributed by atoms with van der Waals surface area (Å²) in [4.78, 5) is 34.3. The van der Waals surface area contributed by atoms with Crippen molar-refractivity contribution in [2.75, 3.05) is 16.6 Å². The van der Waals surface area contributed by atoms with E-state index in [2.05, 4.69) is 6.92 Å². The molecule has 0 N–H and O–H groups in total. The molecule has 0 spiro atoms. The summed E-state index contributed by atoms with van der Waals surface area (Å²) in [6.07, 6.45) is 1.02. The van der Waals surface area contributed by atoms with Crippen LogP contribution < -0.4 is 14.7 Å². The van der Waals surface area contributed by atoms with E-state index in [1.807, 2.05) is 30.3 Å². The molecule has 0 saturated carbocycles. The van der Waals surface area contributed by atoms with Gasteiger partial charge >= 0.3 is 0 Å². The van der Waals surface area contributed by atoms with Gasteiger partial charge in [0.25, 0.3) is 5.91 Å². The topological polar surface area (TPSA) is 59.1 Å². The molecule has 2 aliphatic rings. The van der Waals surface area contributed by atoms with E-state index >= 15 is 0 Å². The van der Waals surface area contributed by atoms with Gasteiger partial charge in [0.05, 0.1) is 24.0 Å². The average Bonchev–Trinajstić information content (AvgIpc) is 3.37. The number of hydroxylamine groups is 1. The lowest BCUT2D eigenvalue weighted by atomic mass is 9.90. The van der Waals surface area contributed by atoms with Crippen LogP contribution in [-0.4, -0.2) is 24.5 Å². The first-order chi connectivity index (χ1) is 16.6. The van der Waals surface area contributed by atoms with Gasteiger partial charge in [-0.2, -0.15) is 0 Å². The molecule has 34 heavy (non-hydrogen) atoms. The van der Waals surface area contributed by atoms with Crippen LogP contribution in [0.15, 0.2) is 78.9 Å². The van der Waals surface area contributed by atoms with Gasteiger partial charge in [0.1, 0.15) is 17.5 Å². The number of imide groups is 1. The van der Waals surface area contributed by atoms with E-state index in [4.69, 9.17) is 9.57 Å². The van der Waals surface area contributed by atoms with E-state index in [0.717, 1.165) is 12.8 Å². The van der Waals surface area contributed by atoms with Crippen LogP contribution >= 0.6 is 0 Å². The van der Waals surface area contributed by atoms with Gasteiger partial charge < -0.3 is 4.74 Å². The van der Waals surface area contributed by atoms with Crippen molar-refractivity contribution in [1.29, 1.82) is 0 Å². The number of nitrogens with zero attached hydrogens (tertiary/aromatic N) is 2. The van der Waals surface area contributed by atoms with Gasteiger partial charge in [-0.3, -0.25) is 14.4 Å². The van der Waals surface area contributed by atoms with E-state index in [-0.39, 0.29) is 11.7 Å². The molecule has 6 nitrogen and oxygen atoms in total. The van der Waals surface area contributed by atoms with E-state index < -0.39 is 24.0 Å². The first kappa shape index (κ1) is 22.1. The van der Waals surface area contributed by atoms with Crippen LogP contribution in [-0.2, 0) is 14.4 Å². The highest BCUT2D eigenvalue weighted by molar-refractivity contribution is 6.23. The Morgan fingerprint density at radius 1 is 0.882 bits per heavy atom. The van der Waals surface area contributed by atoms with Crippen LogP contribution in [0, 0.1) is 11.7 Å². The number of carbonyl (C=O) groups is 2. The summed E-state index contributed by atoms with van der Waals surface area (Å²) < 4.78 is 19.3. The molecule has 3 aromatic carbocycles. The lowest BCUT2D eigenvalue weighted by molar-refractivity contribution is -0.126. The third kappa shape index (κ3) is 3.92. The van der Waals surface area contributed by atoms with Crippen LogP contribution in [0.4, 0.5) is 15.8 Å². The predicted octanol–water partition coefficient (Wildman–Crippen LogP) is 5.06. The predicted molar refractivity (Wildman–Crippen MR) is 126 cm³/mol. The second-order valence-corrected chi connectivity index (χ2v) is 8.42. The maximum atomic E-state index is 13.6. The number of hydrogen-bond acceptors (Lipinski definition) is 5. The van der Waals surface area contributed by atoms with Crippen molar-refractivity contribution in [2.24, 2.45) is 5.92 Å². The normalized spacial score (nSPS) is 21.8. The Hall–Kier alpha value is -3.71. The Balaban J connectivity index is 1.46. The number of rotatable bonds is 7. The number of anilines is 2. The lowest BCUT2D eigenvalue weighted by Crippen LogP contribution is -2.37. The van der Waals surface area contributed by atoms with E-state index in [9.17, 15) is 14.0 Å². The highest BCUT2D eigenvalue weighted by atomic mass is 19.1. The molecular weight excluding hydrogens is 435 g/mol. The largest absolute Gasteiger partial charge is 0.494 e. The molecule has 3 atom stereocenters. The molecular formula is C27H25FN2O4. The summed E-state index contributed by atoms with van der Waals surface area (Å²) in [5.41, 5.74) is 1.88. The number of amides is 2.